The molecule has 3 nitrogen and oxygen atoms in total. The first-order valence-electron chi connectivity index (χ1n) is 3.94. The Bertz CT molecular complexity index is 193. The van der Waals surface area contributed by atoms with Crippen molar-refractivity contribution in [2.75, 3.05) is 19.6 Å². The van der Waals surface area contributed by atoms with E-state index < -0.39 is 5.97 Å². The van der Waals surface area contributed by atoms with Gasteiger partial charge in [0.25, 0.3) is 0 Å². The van der Waals surface area contributed by atoms with Crippen molar-refractivity contribution in [3.05, 3.63) is 11.6 Å². The van der Waals surface area contributed by atoms with E-state index in [0.29, 0.717) is 6.54 Å². The monoisotopic (exact) mass is 189 g/mol. The number of likely N-dealkylation sites (tertiary alicyclic amines) is 1. The molecule has 12 heavy (non-hydrogen) atoms. The molecule has 0 radical (unpaired) electrons. The maximum atomic E-state index is 10.6. The Morgan fingerprint density at radius 2 is 2.50 bits per heavy atom. The van der Waals surface area contributed by atoms with Crippen molar-refractivity contribution < 1.29 is 9.90 Å². The van der Waals surface area contributed by atoms with Gasteiger partial charge in [-0.3, -0.25) is 9.69 Å². The second-order valence-corrected chi connectivity index (χ2v) is 3.20. The molecule has 1 rings (SSSR count). The van der Waals surface area contributed by atoms with Crippen molar-refractivity contribution in [3.63, 3.8) is 0 Å². The SMILES string of the molecule is O=C(O)C1CCN(C/C=C/Cl)C1. The molecule has 4 heteroatoms. The maximum Gasteiger partial charge on any atom is 0.307 e. The third kappa shape index (κ3) is 2.50. The molecule has 1 aliphatic rings. The summed E-state index contributed by atoms with van der Waals surface area (Å²) in [5, 5.41) is 8.69. The molecule has 1 aliphatic heterocycles. The summed E-state index contributed by atoms with van der Waals surface area (Å²) in [6.07, 6.45) is 2.58. The Kier molecular flexibility index (Phi) is 3.56. The third-order valence-electron chi connectivity index (χ3n) is 2.07. The van der Waals surface area contributed by atoms with E-state index in [9.17, 15) is 4.79 Å². The number of carboxylic acid groups (broad SMARTS) is 1. The highest BCUT2D eigenvalue weighted by Gasteiger charge is 2.26. The van der Waals surface area contributed by atoms with Gasteiger partial charge in [-0.15, -0.1) is 0 Å². The normalized spacial score (nSPS) is 25.2. The number of carboxylic acids is 1. The van der Waals surface area contributed by atoms with Crippen LogP contribution >= 0.6 is 11.6 Å². The zero-order chi connectivity index (χ0) is 8.97. The van der Waals surface area contributed by atoms with Crippen LogP contribution < -0.4 is 0 Å². The molecule has 0 spiro atoms. The summed E-state index contributed by atoms with van der Waals surface area (Å²) < 4.78 is 0. The number of carbonyl (C=O) groups is 1. The standard InChI is InChI=1S/C8H12ClNO2/c9-3-1-4-10-5-2-7(6-10)8(11)12/h1,3,7H,2,4-6H2,(H,11,12)/b3-1+. The van der Waals surface area contributed by atoms with Crippen LogP contribution in [0.4, 0.5) is 0 Å². The van der Waals surface area contributed by atoms with E-state index in [0.717, 1.165) is 19.5 Å². The Morgan fingerprint density at radius 3 is 3.00 bits per heavy atom. The third-order valence-corrected chi connectivity index (χ3v) is 2.25. The van der Waals surface area contributed by atoms with E-state index in [1.807, 2.05) is 6.08 Å². The Hall–Kier alpha value is -0.540. The van der Waals surface area contributed by atoms with Crippen LogP contribution in [0, 0.1) is 5.92 Å². The predicted molar refractivity (Wildman–Crippen MR) is 47.2 cm³/mol. The van der Waals surface area contributed by atoms with Gasteiger partial charge in [-0.1, -0.05) is 17.7 Å². The van der Waals surface area contributed by atoms with Crippen LogP contribution in [0.25, 0.3) is 0 Å². The first-order valence-corrected chi connectivity index (χ1v) is 4.38. The molecule has 1 unspecified atom stereocenters. The van der Waals surface area contributed by atoms with Gasteiger partial charge in [0, 0.05) is 18.6 Å². The van der Waals surface area contributed by atoms with Crippen molar-refractivity contribution in [2.45, 2.75) is 6.42 Å². The minimum Gasteiger partial charge on any atom is -0.481 e. The fourth-order valence-corrected chi connectivity index (χ4v) is 1.47. The molecule has 0 aromatic heterocycles. The second kappa shape index (κ2) is 4.48. The van der Waals surface area contributed by atoms with Crippen molar-refractivity contribution in [1.29, 1.82) is 0 Å². The highest BCUT2D eigenvalue weighted by atomic mass is 35.5. The van der Waals surface area contributed by atoms with E-state index in [1.54, 1.807) is 0 Å². The number of rotatable bonds is 3. The van der Waals surface area contributed by atoms with Gasteiger partial charge in [0.2, 0.25) is 0 Å². The summed E-state index contributed by atoms with van der Waals surface area (Å²) in [6, 6.07) is 0. The summed E-state index contributed by atoms with van der Waals surface area (Å²) in [5.74, 6) is -0.874. The van der Waals surface area contributed by atoms with Gasteiger partial charge in [0.1, 0.15) is 0 Å². The van der Waals surface area contributed by atoms with Gasteiger partial charge in [0.05, 0.1) is 5.92 Å². The van der Waals surface area contributed by atoms with Crippen LogP contribution in [0.3, 0.4) is 0 Å². The van der Waals surface area contributed by atoms with Crippen molar-refractivity contribution in [3.8, 4) is 0 Å². The van der Waals surface area contributed by atoms with Crippen LogP contribution in [0.15, 0.2) is 11.6 Å². The van der Waals surface area contributed by atoms with Crippen molar-refractivity contribution in [1.82, 2.24) is 4.90 Å². The Morgan fingerprint density at radius 1 is 1.75 bits per heavy atom. The van der Waals surface area contributed by atoms with Gasteiger partial charge < -0.3 is 5.11 Å². The number of halogens is 1. The lowest BCUT2D eigenvalue weighted by atomic mass is 10.1. The van der Waals surface area contributed by atoms with Gasteiger partial charge in [0.15, 0.2) is 0 Å². The minimum absolute atomic E-state index is 0.186. The molecule has 1 saturated heterocycles. The summed E-state index contributed by atoms with van der Waals surface area (Å²) in [4.78, 5) is 12.6. The van der Waals surface area contributed by atoms with Crippen LogP contribution in [0.2, 0.25) is 0 Å². The van der Waals surface area contributed by atoms with Crippen molar-refractivity contribution in [2.24, 2.45) is 5.92 Å². The van der Waals surface area contributed by atoms with E-state index >= 15 is 0 Å². The summed E-state index contributed by atoms with van der Waals surface area (Å²) >= 11 is 5.36. The van der Waals surface area contributed by atoms with Crippen LogP contribution in [-0.2, 0) is 4.79 Å². The lowest BCUT2D eigenvalue weighted by Gasteiger charge is -2.10. The quantitative estimate of drug-likeness (QED) is 0.724. The van der Waals surface area contributed by atoms with Gasteiger partial charge in [-0.25, -0.2) is 0 Å². The predicted octanol–water partition coefficient (Wildman–Crippen LogP) is 1.15. The summed E-state index contributed by atoms with van der Waals surface area (Å²) in [7, 11) is 0. The zero-order valence-electron chi connectivity index (χ0n) is 6.74. The molecular formula is C8H12ClNO2. The molecule has 68 valence electrons. The highest BCUT2D eigenvalue weighted by molar-refractivity contribution is 6.25. The molecule has 1 atom stereocenters. The molecule has 0 aromatic rings. The van der Waals surface area contributed by atoms with Gasteiger partial charge >= 0.3 is 5.97 Å². The lowest BCUT2D eigenvalue weighted by molar-refractivity contribution is -0.141. The fourth-order valence-electron chi connectivity index (χ4n) is 1.39. The van der Waals surface area contributed by atoms with Gasteiger partial charge in [-0.05, 0) is 13.0 Å². The van der Waals surface area contributed by atoms with Gasteiger partial charge in [-0.2, -0.15) is 0 Å². The minimum atomic E-state index is -0.688. The number of aliphatic carboxylic acids is 1. The molecule has 0 saturated carbocycles. The molecule has 1 fully saturated rings. The lowest BCUT2D eigenvalue weighted by Crippen LogP contribution is -2.23. The second-order valence-electron chi connectivity index (χ2n) is 2.95. The molecule has 0 amide bonds. The Labute approximate surface area is 76.6 Å². The summed E-state index contributed by atoms with van der Waals surface area (Å²) in [6.45, 7) is 2.27. The van der Waals surface area contributed by atoms with Crippen molar-refractivity contribution >= 4 is 17.6 Å². The smallest absolute Gasteiger partial charge is 0.307 e. The molecule has 0 aromatic carbocycles. The van der Waals surface area contributed by atoms with Crippen LogP contribution in [0.5, 0.6) is 0 Å². The molecule has 1 heterocycles. The number of nitrogens with zero attached hydrogens (tertiary/aromatic N) is 1. The molecule has 0 bridgehead atoms. The van der Waals surface area contributed by atoms with Crippen LogP contribution in [0.1, 0.15) is 6.42 Å². The Balaban J connectivity index is 2.30. The molecule has 0 aliphatic carbocycles. The fraction of sp³-hybridized carbons (Fsp3) is 0.625. The first-order chi connectivity index (χ1) is 5.74. The topological polar surface area (TPSA) is 40.5 Å². The number of hydrogen-bond acceptors (Lipinski definition) is 2. The van der Waals surface area contributed by atoms with E-state index in [1.165, 1.54) is 5.54 Å². The van der Waals surface area contributed by atoms with E-state index in [2.05, 4.69) is 4.90 Å². The van der Waals surface area contributed by atoms with E-state index in [4.69, 9.17) is 16.7 Å². The van der Waals surface area contributed by atoms with E-state index in [-0.39, 0.29) is 5.92 Å². The average Bonchev–Trinajstić information content (AvgIpc) is 2.48. The first kappa shape index (κ1) is 9.55. The largest absolute Gasteiger partial charge is 0.481 e. The molecular weight excluding hydrogens is 178 g/mol. The maximum absolute atomic E-state index is 10.6. The average molecular weight is 190 g/mol. The summed E-state index contributed by atoms with van der Waals surface area (Å²) in [5.41, 5.74) is 1.47. The molecule has 1 N–H and O–H groups in total. The highest BCUT2D eigenvalue weighted by Crippen LogP contribution is 2.15. The van der Waals surface area contributed by atoms with Crippen LogP contribution in [-0.4, -0.2) is 35.6 Å². The number of hydrogen-bond donors (Lipinski definition) is 1. The zero-order valence-corrected chi connectivity index (χ0v) is 7.50.